The fourth-order valence-electron chi connectivity index (χ4n) is 4.35. The van der Waals surface area contributed by atoms with Crippen molar-refractivity contribution in [3.8, 4) is 0 Å². The van der Waals surface area contributed by atoms with Crippen LogP contribution in [0.15, 0.2) is 0 Å². The molecule has 2 aliphatic rings. The Balaban J connectivity index is 1.77. The molecule has 19 heavy (non-hydrogen) atoms. The van der Waals surface area contributed by atoms with Crippen molar-refractivity contribution in [1.29, 1.82) is 0 Å². The summed E-state index contributed by atoms with van der Waals surface area (Å²) in [5.74, 6) is 2.55. The fraction of sp³-hybridized carbons (Fsp3) is 1.00. The zero-order valence-corrected chi connectivity index (χ0v) is 13.1. The second-order valence-corrected chi connectivity index (χ2v) is 7.31. The fourth-order valence-corrected chi connectivity index (χ4v) is 4.35. The van der Waals surface area contributed by atoms with Gasteiger partial charge in [-0.1, -0.05) is 26.7 Å². The van der Waals surface area contributed by atoms with Crippen LogP contribution in [-0.2, 0) is 0 Å². The third-order valence-electron chi connectivity index (χ3n) is 5.32. The van der Waals surface area contributed by atoms with E-state index in [0.717, 1.165) is 30.3 Å². The average molecular weight is 266 g/mol. The van der Waals surface area contributed by atoms with Crippen LogP contribution in [0, 0.1) is 17.8 Å². The van der Waals surface area contributed by atoms with Gasteiger partial charge < -0.3 is 10.6 Å². The standard InChI is InChI=1S/C17H34N2/c1-14(2)12-15(13-18)9-11-19-10-5-8-17(19)16-6-3-4-7-16/h14-17H,3-13,18H2,1-2H3. The van der Waals surface area contributed by atoms with Crippen LogP contribution in [-0.4, -0.2) is 30.6 Å². The molecule has 1 aliphatic carbocycles. The largest absolute Gasteiger partial charge is 0.330 e. The predicted octanol–water partition coefficient (Wildman–Crippen LogP) is 3.65. The van der Waals surface area contributed by atoms with Gasteiger partial charge in [0, 0.05) is 6.04 Å². The number of hydrogen-bond acceptors (Lipinski definition) is 2. The van der Waals surface area contributed by atoms with Crippen molar-refractivity contribution in [2.75, 3.05) is 19.6 Å². The molecular formula is C17H34N2. The highest BCUT2D eigenvalue weighted by Crippen LogP contribution is 2.35. The first-order valence-electron chi connectivity index (χ1n) is 8.64. The summed E-state index contributed by atoms with van der Waals surface area (Å²) in [6.07, 6.45) is 11.5. The molecule has 1 saturated carbocycles. The van der Waals surface area contributed by atoms with Crippen molar-refractivity contribution in [3.05, 3.63) is 0 Å². The van der Waals surface area contributed by atoms with E-state index in [1.807, 2.05) is 0 Å². The molecule has 2 rings (SSSR count). The van der Waals surface area contributed by atoms with Gasteiger partial charge in [0.2, 0.25) is 0 Å². The van der Waals surface area contributed by atoms with Crippen LogP contribution in [0.3, 0.4) is 0 Å². The highest BCUT2D eigenvalue weighted by Gasteiger charge is 2.33. The van der Waals surface area contributed by atoms with Gasteiger partial charge in [0.25, 0.3) is 0 Å². The third kappa shape index (κ3) is 4.46. The van der Waals surface area contributed by atoms with E-state index in [1.165, 1.54) is 64.5 Å². The Morgan fingerprint density at radius 3 is 2.47 bits per heavy atom. The minimum Gasteiger partial charge on any atom is -0.330 e. The smallest absolute Gasteiger partial charge is 0.0124 e. The molecule has 0 aromatic heterocycles. The molecule has 2 heteroatoms. The zero-order valence-electron chi connectivity index (χ0n) is 13.1. The van der Waals surface area contributed by atoms with Crippen LogP contribution >= 0.6 is 0 Å². The SMILES string of the molecule is CC(C)CC(CN)CCN1CCCC1C1CCCC1. The molecule has 0 aromatic rings. The van der Waals surface area contributed by atoms with Gasteiger partial charge in [-0.2, -0.15) is 0 Å². The summed E-state index contributed by atoms with van der Waals surface area (Å²) in [6.45, 7) is 8.16. The van der Waals surface area contributed by atoms with E-state index >= 15 is 0 Å². The average Bonchev–Trinajstić information content (AvgIpc) is 3.03. The molecule has 1 saturated heterocycles. The van der Waals surface area contributed by atoms with E-state index in [-0.39, 0.29) is 0 Å². The van der Waals surface area contributed by atoms with E-state index in [2.05, 4.69) is 18.7 Å². The van der Waals surface area contributed by atoms with Gasteiger partial charge in [0.1, 0.15) is 0 Å². The van der Waals surface area contributed by atoms with Gasteiger partial charge in [-0.25, -0.2) is 0 Å². The van der Waals surface area contributed by atoms with E-state index in [4.69, 9.17) is 5.73 Å². The quantitative estimate of drug-likeness (QED) is 0.762. The van der Waals surface area contributed by atoms with Crippen LogP contribution < -0.4 is 5.73 Å². The maximum absolute atomic E-state index is 5.94. The lowest BCUT2D eigenvalue weighted by Gasteiger charge is -2.30. The molecule has 2 N–H and O–H groups in total. The first kappa shape index (κ1) is 15.3. The Morgan fingerprint density at radius 2 is 1.84 bits per heavy atom. The molecule has 1 aliphatic heterocycles. The minimum atomic E-state index is 0.741. The van der Waals surface area contributed by atoms with Crippen LogP contribution in [0.25, 0.3) is 0 Å². The van der Waals surface area contributed by atoms with Gasteiger partial charge in [0.05, 0.1) is 0 Å². The highest BCUT2D eigenvalue weighted by atomic mass is 15.2. The summed E-state index contributed by atoms with van der Waals surface area (Å²) in [6, 6.07) is 0.917. The van der Waals surface area contributed by atoms with E-state index < -0.39 is 0 Å². The monoisotopic (exact) mass is 266 g/mol. The van der Waals surface area contributed by atoms with Crippen LogP contribution in [0.2, 0.25) is 0 Å². The predicted molar refractivity (Wildman–Crippen MR) is 83.2 cm³/mol. The van der Waals surface area contributed by atoms with Gasteiger partial charge in [-0.3, -0.25) is 0 Å². The summed E-state index contributed by atoms with van der Waals surface area (Å²) in [5, 5.41) is 0. The molecular weight excluding hydrogens is 232 g/mol. The minimum absolute atomic E-state index is 0.741. The van der Waals surface area contributed by atoms with E-state index in [9.17, 15) is 0 Å². The Hall–Kier alpha value is -0.0800. The topological polar surface area (TPSA) is 29.3 Å². The first-order valence-corrected chi connectivity index (χ1v) is 8.64. The summed E-state index contributed by atoms with van der Waals surface area (Å²) < 4.78 is 0. The summed E-state index contributed by atoms with van der Waals surface area (Å²) >= 11 is 0. The Bertz CT molecular complexity index is 246. The molecule has 0 bridgehead atoms. The third-order valence-corrected chi connectivity index (χ3v) is 5.32. The maximum Gasteiger partial charge on any atom is 0.0124 e. The Labute approximate surface area is 120 Å². The van der Waals surface area contributed by atoms with Gasteiger partial charge in [-0.05, 0) is 75.9 Å². The van der Waals surface area contributed by atoms with Crippen molar-refractivity contribution in [1.82, 2.24) is 4.90 Å². The summed E-state index contributed by atoms with van der Waals surface area (Å²) in [4.78, 5) is 2.80. The molecule has 2 atom stereocenters. The van der Waals surface area contributed by atoms with Crippen molar-refractivity contribution in [2.24, 2.45) is 23.5 Å². The zero-order chi connectivity index (χ0) is 13.7. The lowest BCUT2D eigenvalue weighted by molar-refractivity contribution is 0.176. The van der Waals surface area contributed by atoms with E-state index in [0.29, 0.717) is 0 Å². The number of hydrogen-bond donors (Lipinski definition) is 1. The Morgan fingerprint density at radius 1 is 1.11 bits per heavy atom. The number of nitrogens with zero attached hydrogens (tertiary/aromatic N) is 1. The molecule has 2 fully saturated rings. The van der Waals surface area contributed by atoms with Crippen molar-refractivity contribution < 1.29 is 0 Å². The van der Waals surface area contributed by atoms with Crippen molar-refractivity contribution in [2.45, 2.75) is 71.3 Å². The molecule has 0 amide bonds. The molecule has 2 nitrogen and oxygen atoms in total. The number of likely N-dealkylation sites (tertiary alicyclic amines) is 1. The first-order chi connectivity index (χ1) is 9.20. The second-order valence-electron chi connectivity index (χ2n) is 7.31. The molecule has 2 unspecified atom stereocenters. The molecule has 1 heterocycles. The van der Waals surface area contributed by atoms with Crippen LogP contribution in [0.4, 0.5) is 0 Å². The van der Waals surface area contributed by atoms with E-state index in [1.54, 1.807) is 0 Å². The number of nitrogens with two attached hydrogens (primary N) is 1. The second kappa shape index (κ2) is 7.64. The molecule has 0 spiro atoms. The summed E-state index contributed by atoms with van der Waals surface area (Å²) in [5.41, 5.74) is 5.94. The Kier molecular flexibility index (Phi) is 6.15. The van der Waals surface area contributed by atoms with Crippen molar-refractivity contribution in [3.63, 3.8) is 0 Å². The normalized spacial score (nSPS) is 27.5. The highest BCUT2D eigenvalue weighted by molar-refractivity contribution is 4.87. The van der Waals surface area contributed by atoms with Crippen molar-refractivity contribution >= 4 is 0 Å². The van der Waals surface area contributed by atoms with Gasteiger partial charge >= 0.3 is 0 Å². The lowest BCUT2D eigenvalue weighted by Crippen LogP contribution is -2.36. The van der Waals surface area contributed by atoms with Gasteiger partial charge in [-0.15, -0.1) is 0 Å². The molecule has 0 aromatic carbocycles. The van der Waals surface area contributed by atoms with Crippen LogP contribution in [0.5, 0.6) is 0 Å². The lowest BCUT2D eigenvalue weighted by atomic mass is 9.93. The maximum atomic E-state index is 5.94. The summed E-state index contributed by atoms with van der Waals surface area (Å²) in [7, 11) is 0. The van der Waals surface area contributed by atoms with Gasteiger partial charge in [0.15, 0.2) is 0 Å². The van der Waals surface area contributed by atoms with Crippen LogP contribution in [0.1, 0.15) is 65.2 Å². The molecule has 112 valence electrons. The molecule has 0 radical (unpaired) electrons. The number of rotatable bonds is 7.